The molecule has 1 aromatic carbocycles. The highest BCUT2D eigenvalue weighted by Crippen LogP contribution is 2.41. The van der Waals surface area contributed by atoms with Gasteiger partial charge in [-0.3, -0.25) is 4.79 Å². The van der Waals surface area contributed by atoms with E-state index in [2.05, 4.69) is 84.1 Å². The molecule has 0 N–H and O–H groups in total. The van der Waals surface area contributed by atoms with E-state index in [0.29, 0.717) is 41.9 Å². The Hall–Kier alpha value is -2.28. The van der Waals surface area contributed by atoms with Crippen LogP contribution in [0.15, 0.2) is 59.6 Å². The third-order valence-electron chi connectivity index (χ3n) is 12.9. The van der Waals surface area contributed by atoms with Crippen molar-refractivity contribution in [1.82, 2.24) is 0 Å². The van der Waals surface area contributed by atoms with Gasteiger partial charge in [0.2, 0.25) is 0 Å². The Balaban J connectivity index is 1.72. The molecule has 0 aromatic heterocycles. The van der Waals surface area contributed by atoms with Gasteiger partial charge in [-0.25, -0.2) is 4.79 Å². The van der Waals surface area contributed by atoms with Gasteiger partial charge in [0.25, 0.3) is 0 Å². The van der Waals surface area contributed by atoms with E-state index >= 15 is 0 Å². The first-order valence-corrected chi connectivity index (χ1v) is 26.7. The molecular weight excluding hydrogens is 853 g/mol. The zero-order valence-electron chi connectivity index (χ0n) is 39.4. The lowest BCUT2D eigenvalue weighted by Crippen LogP contribution is -2.46. The van der Waals surface area contributed by atoms with Crippen molar-refractivity contribution in [3.63, 3.8) is 0 Å². The molecule has 0 radical (unpaired) electrons. The van der Waals surface area contributed by atoms with Crippen molar-refractivity contribution in [2.75, 3.05) is 33.5 Å². The van der Waals surface area contributed by atoms with Crippen LogP contribution in [0.1, 0.15) is 125 Å². The van der Waals surface area contributed by atoms with Crippen molar-refractivity contribution in [3.8, 4) is 5.75 Å². The fourth-order valence-electron chi connectivity index (χ4n) is 8.59. The number of carbonyl (C=O) groups is 2. The average molecular weight is 934 g/mol. The van der Waals surface area contributed by atoms with Crippen LogP contribution in [-0.4, -0.2) is 72.3 Å². The van der Waals surface area contributed by atoms with Crippen molar-refractivity contribution >= 4 is 36.2 Å². The highest BCUT2D eigenvalue weighted by molar-refractivity contribution is 9.12. The molecule has 1 unspecified atom stereocenters. The summed E-state index contributed by atoms with van der Waals surface area (Å²) in [5.74, 6) is 2.17. The molecule has 3 rings (SSSR count). The minimum Gasteiger partial charge on any atom is -0.497 e. The molecule has 1 saturated heterocycles. The van der Waals surface area contributed by atoms with Gasteiger partial charge in [-0.1, -0.05) is 91.8 Å². The lowest BCUT2D eigenvalue weighted by molar-refractivity contribution is -0.168. The number of hydrogen-bond donors (Lipinski definition) is 0. The van der Waals surface area contributed by atoms with Gasteiger partial charge in [-0.15, -0.1) is 0 Å². The number of methoxy groups -OCH3 is 1. The summed E-state index contributed by atoms with van der Waals surface area (Å²) >= 11 is 3.32. The highest BCUT2D eigenvalue weighted by atomic mass is 79.9. The molecule has 1 aliphatic heterocycles. The van der Waals surface area contributed by atoms with Crippen molar-refractivity contribution in [3.05, 3.63) is 65.2 Å². The van der Waals surface area contributed by atoms with Crippen molar-refractivity contribution in [2.24, 2.45) is 35.5 Å². The summed E-state index contributed by atoms with van der Waals surface area (Å²) in [6, 6.07) is 7.94. The Kier molecular flexibility index (Phi) is 23.6. The maximum Gasteiger partial charge on any atom is 0.345 e. The van der Waals surface area contributed by atoms with E-state index in [1.54, 1.807) is 13.2 Å². The Morgan fingerprint density at radius 3 is 2.33 bits per heavy atom. The van der Waals surface area contributed by atoms with Crippen molar-refractivity contribution < 1.29 is 42.4 Å². The van der Waals surface area contributed by atoms with Gasteiger partial charge in [0.05, 0.1) is 39.5 Å². The highest BCUT2D eigenvalue weighted by Gasteiger charge is 2.42. The molecule has 346 valence electrons. The van der Waals surface area contributed by atoms with Crippen LogP contribution in [0.2, 0.25) is 18.1 Å². The molecule has 1 heterocycles. The number of benzene rings is 1. The predicted molar refractivity (Wildman–Crippen MR) is 252 cm³/mol. The van der Waals surface area contributed by atoms with Crippen LogP contribution in [0.3, 0.4) is 0 Å². The van der Waals surface area contributed by atoms with Crippen molar-refractivity contribution in [1.29, 1.82) is 0 Å². The van der Waals surface area contributed by atoms with E-state index in [9.17, 15) is 9.59 Å². The molecule has 0 amide bonds. The molecule has 2 fully saturated rings. The van der Waals surface area contributed by atoms with E-state index in [4.69, 9.17) is 32.8 Å². The first kappa shape index (κ1) is 53.1. The van der Waals surface area contributed by atoms with Gasteiger partial charge < -0.3 is 32.8 Å². The number of ether oxygens (including phenoxy) is 6. The molecule has 0 spiro atoms. The van der Waals surface area contributed by atoms with Gasteiger partial charge in [-0.2, -0.15) is 0 Å². The van der Waals surface area contributed by atoms with Crippen molar-refractivity contribution in [2.45, 2.75) is 162 Å². The monoisotopic (exact) mass is 932 g/mol. The van der Waals surface area contributed by atoms with Crippen LogP contribution in [0.5, 0.6) is 5.75 Å². The molecule has 2 aliphatic rings. The summed E-state index contributed by atoms with van der Waals surface area (Å²) in [6.45, 7) is 26.9. The summed E-state index contributed by atoms with van der Waals surface area (Å²) in [4.78, 5) is 26.5. The van der Waals surface area contributed by atoms with Crippen LogP contribution in [-0.2, 0) is 44.3 Å². The van der Waals surface area contributed by atoms with Crippen LogP contribution >= 0.6 is 15.9 Å². The van der Waals surface area contributed by atoms with Gasteiger partial charge >= 0.3 is 11.9 Å². The first-order valence-electron chi connectivity index (χ1n) is 23.0. The second kappa shape index (κ2) is 27.1. The average Bonchev–Trinajstić information content (AvgIpc) is 3.68. The zero-order chi connectivity index (χ0) is 45.0. The summed E-state index contributed by atoms with van der Waals surface area (Å²) < 4.78 is 42.6. The van der Waals surface area contributed by atoms with E-state index in [-0.39, 0.29) is 60.3 Å². The number of halogens is 1. The predicted octanol–water partition coefficient (Wildman–Crippen LogP) is 12.5. The summed E-state index contributed by atoms with van der Waals surface area (Å²) in [5.41, 5.74) is 1.08. The SMILES string of the molecule is C=CCOC(=O)/C(Br)=C/C=C/C[C@H](OC(=O)C[C@H](O[Si](C)(C)C(C)(C)C)[C@@H](C)C[C@@H](C)C[C@@H](C)C[C@H](C)COC1CCCCO1)[C@@H]1CCC[C@H]1COCc1ccc(OC)cc1. The number of carbonyl (C=O) groups excluding carboxylic acids is 2. The van der Waals surface area contributed by atoms with E-state index in [1.165, 1.54) is 12.5 Å². The van der Waals surface area contributed by atoms with Crippen LogP contribution in [0, 0.1) is 35.5 Å². The van der Waals surface area contributed by atoms with Crippen LogP contribution in [0.25, 0.3) is 0 Å². The number of esters is 2. The summed E-state index contributed by atoms with van der Waals surface area (Å²) in [5, 5.41) is -0.00794. The molecule has 1 aromatic rings. The number of rotatable bonds is 27. The van der Waals surface area contributed by atoms with Gasteiger partial charge in [0.1, 0.15) is 22.9 Å². The molecular formula is C50H81BrO9Si. The molecule has 0 bridgehead atoms. The minimum atomic E-state index is -2.23. The molecule has 1 saturated carbocycles. The number of allylic oxidation sites excluding steroid dienone is 2. The van der Waals surface area contributed by atoms with Gasteiger partial charge in [-0.05, 0) is 139 Å². The smallest absolute Gasteiger partial charge is 0.345 e. The second-order valence-electron chi connectivity index (χ2n) is 19.6. The third-order valence-corrected chi connectivity index (χ3v) is 17.9. The van der Waals surface area contributed by atoms with Crippen LogP contribution < -0.4 is 4.74 Å². The van der Waals surface area contributed by atoms with E-state index < -0.39 is 14.3 Å². The fraction of sp³-hybridized carbons (Fsp3) is 0.720. The standard InChI is InChI=1S/C50H81BrO9Si/c1-12-27-57-49(53)44(51)20-13-14-21-45(43-19-17-18-41(43)35-55-34-40-23-25-42(54-9)26-24-40)59-47(52)32-46(60-61(10,11)50(6,7)8)39(5)31-37(3)29-36(2)30-38(4)33-58-48-22-15-16-28-56-48/h12-14,20,23-26,36-39,41,43,45-46,48H,1,15-19,21-22,27-35H2,2-11H3/b14-13+,44-20-/t36-,37+,38+,39+,41+,43-,45+,46+,48?/m1/s1. The Labute approximate surface area is 379 Å². The fourth-order valence-corrected chi connectivity index (χ4v) is 10.3. The Bertz CT molecular complexity index is 1500. The van der Waals surface area contributed by atoms with Gasteiger partial charge in [0, 0.05) is 18.9 Å². The molecule has 1 aliphatic carbocycles. The lowest BCUT2D eigenvalue weighted by atomic mass is 9.84. The summed E-state index contributed by atoms with van der Waals surface area (Å²) in [6.07, 6.45) is 16.6. The molecule has 11 heteroatoms. The van der Waals surface area contributed by atoms with E-state index in [1.807, 2.05) is 36.4 Å². The topological polar surface area (TPSA) is 98.8 Å². The zero-order valence-corrected chi connectivity index (χ0v) is 42.0. The Morgan fingerprint density at radius 2 is 1.67 bits per heavy atom. The lowest BCUT2D eigenvalue weighted by Gasteiger charge is -2.41. The molecule has 9 atom stereocenters. The molecule has 61 heavy (non-hydrogen) atoms. The molecule has 9 nitrogen and oxygen atoms in total. The minimum absolute atomic E-state index is 0.00794. The quantitative estimate of drug-likeness (QED) is 0.0281. The normalized spacial score (nSPS) is 22.0. The summed E-state index contributed by atoms with van der Waals surface area (Å²) in [7, 11) is -0.563. The van der Waals surface area contributed by atoms with Crippen LogP contribution in [0.4, 0.5) is 0 Å². The maximum absolute atomic E-state index is 14.2. The Morgan fingerprint density at radius 1 is 0.967 bits per heavy atom. The first-order chi connectivity index (χ1) is 28.9. The third kappa shape index (κ3) is 19.6. The largest absolute Gasteiger partial charge is 0.497 e. The second-order valence-corrected chi connectivity index (χ2v) is 25.2. The maximum atomic E-state index is 14.2. The van der Waals surface area contributed by atoms with E-state index in [0.717, 1.165) is 75.9 Å². The van der Waals surface area contributed by atoms with Gasteiger partial charge in [0.15, 0.2) is 14.6 Å². The number of hydrogen-bond acceptors (Lipinski definition) is 9.